The van der Waals surface area contributed by atoms with Gasteiger partial charge in [0.25, 0.3) is 0 Å². The molecule has 0 unspecified atom stereocenters. The number of carbonyl (C=O) groups is 1. The molecule has 1 N–H and O–H groups in total. The fourth-order valence-electron chi connectivity index (χ4n) is 2.53. The summed E-state index contributed by atoms with van der Waals surface area (Å²) >= 11 is 0. The predicted octanol–water partition coefficient (Wildman–Crippen LogP) is 0.886. The number of carbonyl (C=O) groups excluding carboxylic acids is 1. The summed E-state index contributed by atoms with van der Waals surface area (Å²) in [5.74, 6) is 0. The lowest BCUT2D eigenvalue weighted by Gasteiger charge is -2.34. The third-order valence-electron chi connectivity index (χ3n) is 3.56. The predicted molar refractivity (Wildman–Crippen MR) is 59.9 cm³/mol. The number of piperazine rings is 1. The molecule has 2 amide bonds. The van der Waals surface area contributed by atoms with Crippen molar-refractivity contribution in [2.45, 2.75) is 31.7 Å². The van der Waals surface area contributed by atoms with Crippen LogP contribution >= 0.6 is 0 Å². The van der Waals surface area contributed by atoms with Gasteiger partial charge in [-0.05, 0) is 12.8 Å². The number of nitrogens with zero attached hydrogens (tertiary/aromatic N) is 2. The number of nitrogens with one attached hydrogen (secondary N) is 1. The van der Waals surface area contributed by atoms with E-state index in [2.05, 4.69) is 5.32 Å². The van der Waals surface area contributed by atoms with Crippen LogP contribution in [0, 0.1) is 0 Å². The normalized spacial score (nSPS) is 23.1. The van der Waals surface area contributed by atoms with Crippen LogP contribution in [0.1, 0.15) is 25.7 Å². The Morgan fingerprint density at radius 3 is 2.47 bits per heavy atom. The average molecular weight is 211 g/mol. The highest BCUT2D eigenvalue weighted by atomic mass is 16.2. The summed E-state index contributed by atoms with van der Waals surface area (Å²) in [6, 6.07) is 0.718. The summed E-state index contributed by atoms with van der Waals surface area (Å²) in [5.41, 5.74) is 0. The number of hydrogen-bond acceptors (Lipinski definition) is 2. The number of urea groups is 1. The van der Waals surface area contributed by atoms with Gasteiger partial charge in [-0.2, -0.15) is 0 Å². The molecule has 1 aliphatic heterocycles. The van der Waals surface area contributed by atoms with Gasteiger partial charge in [-0.1, -0.05) is 12.8 Å². The van der Waals surface area contributed by atoms with E-state index in [4.69, 9.17) is 0 Å². The minimum atomic E-state index is 0.225. The first-order chi connectivity index (χ1) is 7.29. The van der Waals surface area contributed by atoms with Crippen molar-refractivity contribution in [2.24, 2.45) is 0 Å². The molecule has 0 radical (unpaired) electrons. The average Bonchev–Trinajstić information content (AvgIpc) is 2.82. The molecule has 1 saturated heterocycles. The topological polar surface area (TPSA) is 35.6 Å². The first-order valence-electron chi connectivity index (χ1n) is 6.01. The van der Waals surface area contributed by atoms with E-state index in [9.17, 15) is 4.79 Å². The molecule has 15 heavy (non-hydrogen) atoms. The minimum Gasteiger partial charge on any atom is -0.325 e. The molecule has 2 fully saturated rings. The summed E-state index contributed by atoms with van der Waals surface area (Å²) < 4.78 is 0. The van der Waals surface area contributed by atoms with E-state index < -0.39 is 0 Å². The van der Waals surface area contributed by atoms with Gasteiger partial charge in [0.1, 0.15) is 0 Å². The van der Waals surface area contributed by atoms with E-state index in [1.807, 2.05) is 16.8 Å². The zero-order chi connectivity index (χ0) is 10.7. The maximum atomic E-state index is 12.1. The van der Waals surface area contributed by atoms with Crippen LogP contribution in [0.4, 0.5) is 4.79 Å². The van der Waals surface area contributed by atoms with E-state index in [0.29, 0.717) is 6.04 Å². The van der Waals surface area contributed by atoms with Gasteiger partial charge < -0.3 is 15.1 Å². The SMILES string of the molecule is CN(C(=O)N1CCNCC1)C1CCCC1. The molecule has 0 aromatic rings. The second-order valence-electron chi connectivity index (χ2n) is 4.57. The maximum Gasteiger partial charge on any atom is 0.320 e. The van der Waals surface area contributed by atoms with E-state index in [1.54, 1.807) is 0 Å². The molecule has 1 aliphatic carbocycles. The second-order valence-corrected chi connectivity index (χ2v) is 4.57. The Morgan fingerprint density at radius 1 is 1.27 bits per heavy atom. The molecule has 2 rings (SSSR count). The molecule has 0 spiro atoms. The van der Waals surface area contributed by atoms with Crippen molar-refractivity contribution in [3.05, 3.63) is 0 Å². The van der Waals surface area contributed by atoms with Crippen LogP contribution in [0.2, 0.25) is 0 Å². The van der Waals surface area contributed by atoms with Gasteiger partial charge in [0.2, 0.25) is 0 Å². The highest BCUT2D eigenvalue weighted by Crippen LogP contribution is 2.23. The fourth-order valence-corrected chi connectivity index (χ4v) is 2.53. The second kappa shape index (κ2) is 4.84. The quantitative estimate of drug-likeness (QED) is 0.699. The molecular formula is C11H21N3O. The molecule has 1 saturated carbocycles. The smallest absolute Gasteiger partial charge is 0.320 e. The first-order valence-corrected chi connectivity index (χ1v) is 6.01. The van der Waals surface area contributed by atoms with Crippen molar-refractivity contribution in [1.82, 2.24) is 15.1 Å². The Morgan fingerprint density at radius 2 is 1.87 bits per heavy atom. The van der Waals surface area contributed by atoms with Crippen molar-refractivity contribution >= 4 is 6.03 Å². The zero-order valence-corrected chi connectivity index (χ0v) is 9.54. The molecule has 0 atom stereocenters. The summed E-state index contributed by atoms with van der Waals surface area (Å²) in [4.78, 5) is 16.0. The van der Waals surface area contributed by atoms with Gasteiger partial charge in [-0.25, -0.2) is 4.79 Å². The first kappa shape index (κ1) is 10.7. The summed E-state index contributed by atoms with van der Waals surface area (Å²) in [6.45, 7) is 3.58. The summed E-state index contributed by atoms with van der Waals surface area (Å²) in [7, 11) is 1.96. The third-order valence-corrected chi connectivity index (χ3v) is 3.56. The highest BCUT2D eigenvalue weighted by Gasteiger charge is 2.27. The lowest BCUT2D eigenvalue weighted by molar-refractivity contribution is 0.141. The fraction of sp³-hybridized carbons (Fsp3) is 0.909. The Balaban J connectivity index is 1.87. The van der Waals surface area contributed by atoms with E-state index in [0.717, 1.165) is 26.2 Å². The van der Waals surface area contributed by atoms with Crippen LogP contribution in [0.5, 0.6) is 0 Å². The maximum absolute atomic E-state index is 12.1. The van der Waals surface area contributed by atoms with Gasteiger partial charge >= 0.3 is 6.03 Å². The summed E-state index contributed by atoms with van der Waals surface area (Å²) in [5, 5.41) is 3.27. The molecule has 86 valence electrons. The van der Waals surface area contributed by atoms with Crippen molar-refractivity contribution in [1.29, 1.82) is 0 Å². The van der Waals surface area contributed by atoms with Crippen LogP contribution in [0.25, 0.3) is 0 Å². The van der Waals surface area contributed by atoms with Gasteiger partial charge in [0.05, 0.1) is 0 Å². The molecule has 2 aliphatic rings. The highest BCUT2D eigenvalue weighted by molar-refractivity contribution is 5.74. The van der Waals surface area contributed by atoms with Crippen molar-refractivity contribution in [3.8, 4) is 0 Å². The number of rotatable bonds is 1. The van der Waals surface area contributed by atoms with E-state index in [1.165, 1.54) is 25.7 Å². The standard InChI is InChI=1S/C11H21N3O/c1-13(10-4-2-3-5-10)11(15)14-8-6-12-7-9-14/h10,12H,2-9H2,1H3. The lowest BCUT2D eigenvalue weighted by atomic mass is 10.2. The Labute approximate surface area is 91.6 Å². The number of amides is 2. The van der Waals surface area contributed by atoms with Crippen LogP contribution in [0.15, 0.2) is 0 Å². The van der Waals surface area contributed by atoms with Crippen LogP contribution < -0.4 is 5.32 Å². The molecular weight excluding hydrogens is 190 g/mol. The van der Waals surface area contributed by atoms with E-state index >= 15 is 0 Å². The van der Waals surface area contributed by atoms with Gasteiger partial charge in [-0.15, -0.1) is 0 Å². The Kier molecular flexibility index (Phi) is 3.46. The van der Waals surface area contributed by atoms with Crippen molar-refractivity contribution in [2.75, 3.05) is 33.2 Å². The van der Waals surface area contributed by atoms with Crippen LogP contribution in [-0.4, -0.2) is 55.1 Å². The van der Waals surface area contributed by atoms with Gasteiger partial charge in [-0.3, -0.25) is 0 Å². The molecule has 1 heterocycles. The minimum absolute atomic E-state index is 0.225. The van der Waals surface area contributed by atoms with Crippen LogP contribution in [0.3, 0.4) is 0 Å². The lowest BCUT2D eigenvalue weighted by Crippen LogP contribution is -2.52. The van der Waals surface area contributed by atoms with Gasteiger partial charge in [0.15, 0.2) is 0 Å². The zero-order valence-electron chi connectivity index (χ0n) is 9.54. The molecule has 0 aromatic heterocycles. The molecule has 4 nitrogen and oxygen atoms in total. The molecule has 0 bridgehead atoms. The van der Waals surface area contributed by atoms with Crippen molar-refractivity contribution < 1.29 is 4.79 Å². The largest absolute Gasteiger partial charge is 0.325 e. The Hall–Kier alpha value is -0.770. The number of hydrogen-bond donors (Lipinski definition) is 1. The van der Waals surface area contributed by atoms with E-state index in [-0.39, 0.29) is 6.03 Å². The third kappa shape index (κ3) is 2.43. The Bertz CT molecular complexity index is 220. The van der Waals surface area contributed by atoms with Crippen LogP contribution in [-0.2, 0) is 0 Å². The van der Waals surface area contributed by atoms with Crippen molar-refractivity contribution in [3.63, 3.8) is 0 Å². The molecule has 4 heteroatoms. The molecule has 0 aromatic carbocycles. The summed E-state index contributed by atoms with van der Waals surface area (Å²) in [6.07, 6.45) is 4.94. The monoisotopic (exact) mass is 211 g/mol. The van der Waals surface area contributed by atoms with Gasteiger partial charge in [0, 0.05) is 39.3 Å².